The van der Waals surface area contributed by atoms with E-state index < -0.39 is 0 Å². The van der Waals surface area contributed by atoms with E-state index in [-0.39, 0.29) is 11.4 Å². The van der Waals surface area contributed by atoms with Gasteiger partial charge in [-0.3, -0.25) is 4.79 Å². The number of benzene rings is 1. The average molecular weight is 362 g/mol. The molecule has 1 saturated heterocycles. The predicted octanol–water partition coefficient (Wildman–Crippen LogP) is 2.21. The third kappa shape index (κ3) is 4.32. The number of hydrogen-bond acceptors (Lipinski definition) is 3. The Hall–Kier alpha value is -1.75. The molecule has 0 aromatic heterocycles. The summed E-state index contributed by atoms with van der Waals surface area (Å²) in [7, 11) is 3.21. The SMILES string of the molecule is COc1cc(OC)cc(C(=O)NCC2([NH+]3CCCCC3)CCCCC2)c1. The van der Waals surface area contributed by atoms with Gasteiger partial charge in [-0.2, -0.15) is 0 Å². The van der Waals surface area contributed by atoms with Crippen LogP contribution in [0.2, 0.25) is 0 Å². The van der Waals surface area contributed by atoms with Gasteiger partial charge in [0.15, 0.2) is 0 Å². The minimum Gasteiger partial charge on any atom is -0.497 e. The van der Waals surface area contributed by atoms with E-state index in [1.807, 2.05) is 0 Å². The minimum absolute atomic E-state index is 0.0384. The van der Waals surface area contributed by atoms with Crippen LogP contribution in [-0.2, 0) is 0 Å². The molecule has 1 aromatic rings. The Morgan fingerprint density at radius 2 is 1.54 bits per heavy atom. The van der Waals surface area contributed by atoms with Crippen molar-refractivity contribution in [3.05, 3.63) is 23.8 Å². The first-order chi connectivity index (χ1) is 12.7. The molecule has 1 saturated carbocycles. The highest BCUT2D eigenvalue weighted by Crippen LogP contribution is 2.27. The summed E-state index contributed by atoms with van der Waals surface area (Å²) in [6.07, 6.45) is 10.3. The summed E-state index contributed by atoms with van der Waals surface area (Å²) in [6, 6.07) is 5.34. The lowest BCUT2D eigenvalue weighted by Crippen LogP contribution is -3.22. The van der Waals surface area contributed by atoms with Gasteiger partial charge in [-0.25, -0.2) is 0 Å². The fraction of sp³-hybridized carbons (Fsp3) is 0.667. The standard InChI is InChI=1S/C21H32N2O3/c1-25-18-13-17(14-19(15-18)26-2)20(24)22-16-21(9-5-3-6-10-21)23-11-7-4-8-12-23/h13-15H,3-12,16H2,1-2H3,(H,22,24)/p+1. The Morgan fingerprint density at radius 1 is 0.962 bits per heavy atom. The van der Waals surface area contributed by atoms with Gasteiger partial charge in [0, 0.05) is 24.5 Å². The van der Waals surface area contributed by atoms with Gasteiger partial charge in [0.05, 0.1) is 33.9 Å². The number of rotatable bonds is 6. The second-order valence-corrected chi connectivity index (χ2v) is 7.79. The number of nitrogens with one attached hydrogen (secondary N) is 2. The van der Waals surface area contributed by atoms with Gasteiger partial charge in [0.1, 0.15) is 17.0 Å². The second kappa shape index (κ2) is 8.76. The molecule has 5 heteroatoms. The molecule has 0 radical (unpaired) electrons. The van der Waals surface area contributed by atoms with Crippen molar-refractivity contribution in [1.82, 2.24) is 5.32 Å². The van der Waals surface area contributed by atoms with Crippen molar-refractivity contribution in [3.63, 3.8) is 0 Å². The quantitative estimate of drug-likeness (QED) is 0.817. The second-order valence-electron chi connectivity index (χ2n) is 7.79. The van der Waals surface area contributed by atoms with Crippen LogP contribution in [0.25, 0.3) is 0 Å². The van der Waals surface area contributed by atoms with Gasteiger partial charge in [0.2, 0.25) is 0 Å². The van der Waals surface area contributed by atoms with Crippen molar-refractivity contribution in [2.45, 2.75) is 56.9 Å². The molecule has 0 spiro atoms. The van der Waals surface area contributed by atoms with Crippen LogP contribution in [0.5, 0.6) is 11.5 Å². The van der Waals surface area contributed by atoms with Crippen LogP contribution in [0.15, 0.2) is 18.2 Å². The molecule has 3 rings (SSSR count). The summed E-state index contributed by atoms with van der Waals surface area (Å²) in [6.45, 7) is 3.27. The third-order valence-corrected chi connectivity index (χ3v) is 6.22. The van der Waals surface area contributed by atoms with E-state index in [1.165, 1.54) is 64.5 Å². The van der Waals surface area contributed by atoms with Crippen molar-refractivity contribution in [1.29, 1.82) is 0 Å². The maximum Gasteiger partial charge on any atom is 0.251 e. The van der Waals surface area contributed by atoms with Gasteiger partial charge in [-0.1, -0.05) is 6.42 Å². The number of carbonyl (C=O) groups is 1. The molecule has 0 atom stereocenters. The van der Waals surface area contributed by atoms with Crippen LogP contribution in [0.3, 0.4) is 0 Å². The van der Waals surface area contributed by atoms with Crippen molar-refractivity contribution in [2.75, 3.05) is 33.9 Å². The largest absolute Gasteiger partial charge is 0.497 e. The fourth-order valence-corrected chi connectivity index (χ4v) is 4.68. The molecule has 1 aliphatic heterocycles. The summed E-state index contributed by atoms with van der Waals surface area (Å²) >= 11 is 0. The van der Waals surface area contributed by atoms with Crippen molar-refractivity contribution < 1.29 is 19.2 Å². The number of carbonyl (C=O) groups excluding carboxylic acids is 1. The molecular weight excluding hydrogens is 328 g/mol. The highest BCUT2D eigenvalue weighted by molar-refractivity contribution is 5.95. The first-order valence-electron chi connectivity index (χ1n) is 10.0. The van der Waals surface area contributed by atoms with Gasteiger partial charge in [-0.05, 0) is 44.2 Å². The Morgan fingerprint density at radius 3 is 2.12 bits per heavy atom. The summed E-state index contributed by atoms with van der Waals surface area (Å²) in [4.78, 5) is 14.5. The van der Waals surface area contributed by atoms with Crippen LogP contribution in [0.4, 0.5) is 0 Å². The van der Waals surface area contributed by atoms with E-state index in [0.29, 0.717) is 17.1 Å². The average Bonchev–Trinajstić information content (AvgIpc) is 2.72. The Balaban J connectivity index is 1.71. The van der Waals surface area contributed by atoms with Crippen molar-refractivity contribution in [2.24, 2.45) is 0 Å². The number of hydrogen-bond donors (Lipinski definition) is 2. The molecule has 2 fully saturated rings. The van der Waals surface area contributed by atoms with E-state index >= 15 is 0 Å². The third-order valence-electron chi connectivity index (χ3n) is 6.22. The summed E-state index contributed by atoms with van der Waals surface area (Å²) in [5, 5.41) is 3.24. The highest BCUT2D eigenvalue weighted by Gasteiger charge is 2.42. The molecule has 1 aliphatic carbocycles. The highest BCUT2D eigenvalue weighted by atomic mass is 16.5. The Labute approximate surface area is 157 Å². The van der Waals surface area contributed by atoms with Crippen LogP contribution in [0, 0.1) is 0 Å². The van der Waals surface area contributed by atoms with Crippen LogP contribution in [-0.4, -0.2) is 45.3 Å². The van der Waals surface area contributed by atoms with Gasteiger partial charge in [-0.15, -0.1) is 0 Å². The number of likely N-dealkylation sites (tertiary alicyclic amines) is 1. The smallest absolute Gasteiger partial charge is 0.251 e. The van der Waals surface area contributed by atoms with E-state index in [0.717, 1.165) is 6.54 Å². The summed E-state index contributed by atoms with van der Waals surface area (Å²) < 4.78 is 10.6. The lowest BCUT2D eigenvalue weighted by molar-refractivity contribution is -0.957. The number of piperidine rings is 1. The zero-order valence-corrected chi connectivity index (χ0v) is 16.2. The number of quaternary nitrogens is 1. The molecule has 26 heavy (non-hydrogen) atoms. The molecule has 5 nitrogen and oxygen atoms in total. The Bertz CT molecular complexity index is 583. The first kappa shape index (κ1) is 19.0. The predicted molar refractivity (Wildman–Crippen MR) is 102 cm³/mol. The zero-order valence-electron chi connectivity index (χ0n) is 16.2. The van der Waals surface area contributed by atoms with E-state index in [1.54, 1.807) is 37.3 Å². The molecule has 2 aliphatic rings. The lowest BCUT2D eigenvalue weighted by atomic mass is 9.79. The Kier molecular flexibility index (Phi) is 6.41. The summed E-state index contributed by atoms with van der Waals surface area (Å²) in [5.41, 5.74) is 0.817. The zero-order chi connectivity index (χ0) is 18.4. The molecule has 1 amide bonds. The van der Waals surface area contributed by atoms with Gasteiger partial charge >= 0.3 is 0 Å². The normalized spacial score (nSPS) is 20.4. The molecule has 1 heterocycles. The molecule has 0 bridgehead atoms. The van der Waals surface area contributed by atoms with Gasteiger partial charge in [0.25, 0.3) is 5.91 Å². The van der Waals surface area contributed by atoms with E-state index in [2.05, 4.69) is 5.32 Å². The molecule has 0 unspecified atom stereocenters. The van der Waals surface area contributed by atoms with Crippen molar-refractivity contribution in [3.8, 4) is 11.5 Å². The van der Waals surface area contributed by atoms with E-state index in [4.69, 9.17) is 9.47 Å². The monoisotopic (exact) mass is 361 g/mol. The maximum absolute atomic E-state index is 12.8. The maximum atomic E-state index is 12.8. The molecule has 2 N–H and O–H groups in total. The van der Waals surface area contributed by atoms with Crippen LogP contribution >= 0.6 is 0 Å². The van der Waals surface area contributed by atoms with E-state index in [9.17, 15) is 4.79 Å². The number of methoxy groups -OCH3 is 2. The van der Waals surface area contributed by atoms with Crippen LogP contribution in [0.1, 0.15) is 61.7 Å². The molecule has 144 valence electrons. The van der Waals surface area contributed by atoms with Gasteiger partial charge < -0.3 is 19.7 Å². The minimum atomic E-state index is -0.0384. The molecule has 1 aromatic carbocycles. The molecular formula is C21H33N2O3+. The fourth-order valence-electron chi connectivity index (χ4n) is 4.68. The summed E-state index contributed by atoms with van der Waals surface area (Å²) in [5.74, 6) is 1.25. The number of amides is 1. The topological polar surface area (TPSA) is 52.0 Å². The van der Waals surface area contributed by atoms with Crippen LogP contribution < -0.4 is 19.7 Å². The first-order valence-corrected chi connectivity index (χ1v) is 10.0. The van der Waals surface area contributed by atoms with Crippen molar-refractivity contribution >= 4 is 5.91 Å². The number of ether oxygens (including phenoxy) is 2. The lowest BCUT2D eigenvalue weighted by Gasteiger charge is -2.45.